The first-order chi connectivity index (χ1) is 7.24. The summed E-state index contributed by atoms with van der Waals surface area (Å²) in [6.45, 7) is 7.87. The summed E-state index contributed by atoms with van der Waals surface area (Å²) in [6, 6.07) is 0. The zero-order valence-corrected chi connectivity index (χ0v) is 10.6. The van der Waals surface area contributed by atoms with Crippen LogP contribution in [0.15, 0.2) is 0 Å². The summed E-state index contributed by atoms with van der Waals surface area (Å²) in [7, 11) is 1.79. The minimum absolute atomic E-state index is 0.775. The van der Waals surface area contributed by atoms with Crippen LogP contribution >= 0.6 is 0 Å². The highest BCUT2D eigenvalue weighted by Gasteiger charge is 2.29. The molecule has 2 atom stereocenters. The van der Waals surface area contributed by atoms with Crippen molar-refractivity contribution in [3.05, 3.63) is 0 Å². The molecule has 1 N–H and O–H groups in total. The first-order valence-corrected chi connectivity index (χ1v) is 6.43. The molecule has 0 saturated heterocycles. The summed E-state index contributed by atoms with van der Waals surface area (Å²) in [5.74, 6) is 2.69. The maximum absolute atomic E-state index is 5.09. The fourth-order valence-corrected chi connectivity index (χ4v) is 2.33. The molecule has 0 heterocycles. The molecule has 0 radical (unpaired) electrons. The number of ether oxygens (including phenoxy) is 1. The summed E-state index contributed by atoms with van der Waals surface area (Å²) < 4.78 is 5.09. The molecule has 0 bridgehead atoms. The molecule has 2 nitrogen and oxygen atoms in total. The molecule has 1 rings (SSSR count). The van der Waals surface area contributed by atoms with Gasteiger partial charge in [-0.2, -0.15) is 0 Å². The molecule has 0 aromatic rings. The Hall–Kier alpha value is -0.0800. The number of hydrogen-bond acceptors (Lipinski definition) is 2. The maximum atomic E-state index is 5.09. The van der Waals surface area contributed by atoms with E-state index in [4.69, 9.17) is 4.74 Å². The Morgan fingerprint density at radius 1 is 1.27 bits per heavy atom. The summed E-state index contributed by atoms with van der Waals surface area (Å²) in [5, 5.41) is 3.58. The SMILES string of the molecule is COCCCC1CCC1CNCC(C)C. The molecule has 1 aliphatic rings. The van der Waals surface area contributed by atoms with Crippen LogP contribution in [-0.2, 0) is 4.74 Å². The van der Waals surface area contributed by atoms with Crippen LogP contribution in [0.3, 0.4) is 0 Å². The van der Waals surface area contributed by atoms with Crippen molar-refractivity contribution < 1.29 is 4.74 Å². The van der Waals surface area contributed by atoms with Crippen molar-refractivity contribution in [2.75, 3.05) is 26.8 Å². The lowest BCUT2D eigenvalue weighted by Gasteiger charge is -2.37. The summed E-state index contributed by atoms with van der Waals surface area (Å²) >= 11 is 0. The summed E-state index contributed by atoms with van der Waals surface area (Å²) in [4.78, 5) is 0. The van der Waals surface area contributed by atoms with Gasteiger partial charge in [-0.1, -0.05) is 13.8 Å². The van der Waals surface area contributed by atoms with E-state index in [-0.39, 0.29) is 0 Å². The van der Waals surface area contributed by atoms with E-state index < -0.39 is 0 Å². The van der Waals surface area contributed by atoms with E-state index in [1.165, 1.54) is 38.8 Å². The van der Waals surface area contributed by atoms with Gasteiger partial charge in [-0.15, -0.1) is 0 Å². The molecule has 90 valence electrons. The molecule has 0 aliphatic heterocycles. The Morgan fingerprint density at radius 3 is 2.53 bits per heavy atom. The first-order valence-electron chi connectivity index (χ1n) is 6.43. The summed E-state index contributed by atoms with van der Waals surface area (Å²) in [6.07, 6.45) is 5.48. The van der Waals surface area contributed by atoms with Crippen LogP contribution in [0.5, 0.6) is 0 Å². The largest absolute Gasteiger partial charge is 0.385 e. The van der Waals surface area contributed by atoms with E-state index in [1.807, 2.05) is 0 Å². The van der Waals surface area contributed by atoms with Gasteiger partial charge < -0.3 is 10.1 Å². The van der Waals surface area contributed by atoms with Gasteiger partial charge in [0.2, 0.25) is 0 Å². The third kappa shape index (κ3) is 4.98. The predicted octanol–water partition coefficient (Wildman–Crippen LogP) is 2.68. The standard InChI is InChI=1S/C13H27NO/c1-11(2)9-14-10-13-7-6-12(13)5-4-8-15-3/h11-14H,4-10H2,1-3H3. The second-order valence-corrected chi connectivity index (χ2v) is 5.28. The minimum atomic E-state index is 0.775. The lowest BCUT2D eigenvalue weighted by molar-refractivity contribution is 0.131. The second-order valence-electron chi connectivity index (χ2n) is 5.28. The lowest BCUT2D eigenvalue weighted by Crippen LogP contribution is -2.36. The van der Waals surface area contributed by atoms with E-state index in [0.29, 0.717) is 0 Å². The molecule has 0 amide bonds. The average Bonchev–Trinajstić information content (AvgIpc) is 2.17. The number of rotatable bonds is 8. The number of methoxy groups -OCH3 is 1. The second kappa shape index (κ2) is 7.24. The van der Waals surface area contributed by atoms with Gasteiger partial charge >= 0.3 is 0 Å². The molecule has 2 unspecified atom stereocenters. The monoisotopic (exact) mass is 213 g/mol. The van der Waals surface area contributed by atoms with Gasteiger partial charge in [0.1, 0.15) is 0 Å². The Kier molecular flexibility index (Phi) is 6.26. The Bertz CT molecular complexity index is 159. The topological polar surface area (TPSA) is 21.3 Å². The Labute approximate surface area is 94.8 Å². The number of nitrogens with one attached hydrogen (secondary N) is 1. The van der Waals surface area contributed by atoms with Crippen LogP contribution < -0.4 is 5.32 Å². The van der Waals surface area contributed by atoms with Crippen molar-refractivity contribution in [3.63, 3.8) is 0 Å². The van der Waals surface area contributed by atoms with Crippen molar-refractivity contribution in [2.45, 2.75) is 39.5 Å². The van der Waals surface area contributed by atoms with Crippen LogP contribution in [0.25, 0.3) is 0 Å². The molecule has 0 spiro atoms. The Morgan fingerprint density at radius 2 is 2.00 bits per heavy atom. The van der Waals surface area contributed by atoms with Crippen molar-refractivity contribution in [1.82, 2.24) is 5.32 Å². The smallest absolute Gasteiger partial charge is 0.0462 e. The molecule has 1 fully saturated rings. The van der Waals surface area contributed by atoms with Gasteiger partial charge in [0.05, 0.1) is 0 Å². The molecule has 2 heteroatoms. The van der Waals surface area contributed by atoms with Gasteiger partial charge in [0.25, 0.3) is 0 Å². The molecular weight excluding hydrogens is 186 g/mol. The van der Waals surface area contributed by atoms with Crippen molar-refractivity contribution in [3.8, 4) is 0 Å². The fraction of sp³-hybridized carbons (Fsp3) is 1.00. The highest BCUT2D eigenvalue weighted by Crippen LogP contribution is 2.36. The average molecular weight is 213 g/mol. The molecule has 15 heavy (non-hydrogen) atoms. The van der Waals surface area contributed by atoms with Crippen molar-refractivity contribution in [1.29, 1.82) is 0 Å². The van der Waals surface area contributed by atoms with Crippen molar-refractivity contribution >= 4 is 0 Å². The van der Waals surface area contributed by atoms with Crippen LogP contribution in [0.4, 0.5) is 0 Å². The normalized spacial score (nSPS) is 25.6. The molecule has 1 aliphatic carbocycles. The van der Waals surface area contributed by atoms with Gasteiger partial charge in [0.15, 0.2) is 0 Å². The third-order valence-electron chi connectivity index (χ3n) is 3.46. The molecule has 0 aromatic carbocycles. The lowest BCUT2D eigenvalue weighted by atomic mass is 9.71. The molecule has 0 aromatic heterocycles. The third-order valence-corrected chi connectivity index (χ3v) is 3.46. The van der Waals surface area contributed by atoms with Gasteiger partial charge in [-0.05, 0) is 56.5 Å². The van der Waals surface area contributed by atoms with Crippen molar-refractivity contribution in [2.24, 2.45) is 17.8 Å². The minimum Gasteiger partial charge on any atom is -0.385 e. The summed E-state index contributed by atoms with van der Waals surface area (Å²) in [5.41, 5.74) is 0. The van der Waals surface area contributed by atoms with Gasteiger partial charge in [-0.3, -0.25) is 0 Å². The maximum Gasteiger partial charge on any atom is 0.0462 e. The molecule has 1 saturated carbocycles. The first kappa shape index (κ1) is 13.0. The zero-order chi connectivity index (χ0) is 11.1. The number of hydrogen-bond donors (Lipinski definition) is 1. The van der Waals surface area contributed by atoms with Gasteiger partial charge in [-0.25, -0.2) is 0 Å². The fourth-order valence-electron chi connectivity index (χ4n) is 2.33. The highest BCUT2D eigenvalue weighted by molar-refractivity contribution is 4.82. The highest BCUT2D eigenvalue weighted by atomic mass is 16.5. The van der Waals surface area contributed by atoms with Crippen LogP contribution in [0.1, 0.15) is 39.5 Å². The molecular formula is C13H27NO. The van der Waals surface area contributed by atoms with E-state index >= 15 is 0 Å². The Balaban J connectivity index is 1.99. The predicted molar refractivity (Wildman–Crippen MR) is 65.0 cm³/mol. The van der Waals surface area contributed by atoms with E-state index in [9.17, 15) is 0 Å². The zero-order valence-electron chi connectivity index (χ0n) is 10.6. The van der Waals surface area contributed by atoms with E-state index in [1.54, 1.807) is 7.11 Å². The van der Waals surface area contributed by atoms with E-state index in [0.717, 1.165) is 24.4 Å². The van der Waals surface area contributed by atoms with Crippen LogP contribution in [0.2, 0.25) is 0 Å². The van der Waals surface area contributed by atoms with Crippen LogP contribution in [-0.4, -0.2) is 26.8 Å². The van der Waals surface area contributed by atoms with Gasteiger partial charge in [0, 0.05) is 13.7 Å². The quantitative estimate of drug-likeness (QED) is 0.626. The van der Waals surface area contributed by atoms with Crippen LogP contribution in [0, 0.1) is 17.8 Å². The van der Waals surface area contributed by atoms with E-state index in [2.05, 4.69) is 19.2 Å².